The number of amides is 2. The van der Waals surface area contributed by atoms with Gasteiger partial charge in [0.25, 0.3) is 0 Å². The Labute approximate surface area is 282 Å². The minimum atomic E-state index is -0.0187. The Morgan fingerprint density at radius 3 is 2.04 bits per heavy atom. The number of aromatic nitrogens is 4. The fourth-order valence-corrected chi connectivity index (χ4v) is 6.37. The number of nitrogens with one attached hydrogen (secondary N) is 3. The smallest absolute Gasteiger partial charge is 0.237 e. The highest BCUT2D eigenvalue weighted by Crippen LogP contribution is 2.42. The fourth-order valence-electron chi connectivity index (χ4n) is 5.72. The van der Waals surface area contributed by atoms with Gasteiger partial charge in [-0.15, -0.1) is 0 Å². The first-order chi connectivity index (χ1) is 22.8. The lowest BCUT2D eigenvalue weighted by atomic mass is 9.98. The molecule has 3 N–H and O–H groups in total. The number of hydrogen-bond acceptors (Lipinski definition) is 10. The van der Waals surface area contributed by atoms with Crippen molar-refractivity contribution in [1.29, 1.82) is 0 Å². The first-order valence-corrected chi connectivity index (χ1v) is 16.0. The molecule has 4 heterocycles. The number of rotatable bonds is 11. The normalized spacial score (nSPS) is 16.6. The molecule has 1 atom stereocenters. The molecule has 2 saturated heterocycles. The second-order valence-electron chi connectivity index (χ2n) is 11.3. The number of ether oxygens (including phenoxy) is 2. The summed E-state index contributed by atoms with van der Waals surface area (Å²) in [7, 11) is 3.09. The van der Waals surface area contributed by atoms with E-state index in [1.807, 2.05) is 41.3 Å². The molecule has 6 rings (SSSR count). The van der Waals surface area contributed by atoms with Crippen LogP contribution in [0.1, 0.15) is 24.2 Å². The van der Waals surface area contributed by atoms with Crippen molar-refractivity contribution in [2.45, 2.75) is 32.0 Å². The predicted molar refractivity (Wildman–Crippen MR) is 178 cm³/mol. The summed E-state index contributed by atoms with van der Waals surface area (Å²) in [4.78, 5) is 44.0. The first-order valence-electron chi connectivity index (χ1n) is 15.2. The van der Waals surface area contributed by atoms with Gasteiger partial charge in [0.05, 0.1) is 54.6 Å². The third-order valence-corrected chi connectivity index (χ3v) is 8.92. The molecule has 0 bridgehead atoms. The van der Waals surface area contributed by atoms with Gasteiger partial charge in [0, 0.05) is 67.4 Å². The van der Waals surface area contributed by atoms with Gasteiger partial charge in [0.1, 0.15) is 11.4 Å². The maximum Gasteiger partial charge on any atom is 0.237 e. The zero-order valence-corrected chi connectivity index (χ0v) is 27.5. The lowest BCUT2D eigenvalue weighted by molar-refractivity contribution is -0.124. The third kappa shape index (κ3) is 7.31. The molecule has 2 amide bonds. The molecule has 244 valence electrons. The van der Waals surface area contributed by atoms with Crippen LogP contribution < -0.4 is 25.4 Å². The van der Waals surface area contributed by atoms with E-state index in [0.29, 0.717) is 113 Å². The monoisotopic (exact) mass is 676 g/mol. The van der Waals surface area contributed by atoms with Crippen molar-refractivity contribution in [3.05, 3.63) is 70.2 Å². The van der Waals surface area contributed by atoms with Crippen LogP contribution in [0.3, 0.4) is 0 Å². The Morgan fingerprint density at radius 2 is 1.47 bits per heavy atom. The molecule has 14 heteroatoms. The SMILES string of the molecule is COc1nc(-c2cccc(-c3cccc(-c4cnc(CN5CCNC(=O)C5)c(OC)n4)c3Cl)c2Cl)cnc1CNCC1CCC(=O)N1. The highest BCUT2D eigenvalue weighted by Gasteiger charge is 2.23. The predicted octanol–water partition coefficient (Wildman–Crippen LogP) is 3.89. The number of halogens is 2. The van der Waals surface area contributed by atoms with E-state index in [1.165, 1.54) is 0 Å². The number of carbonyl (C=O) groups excluding carboxylic acids is 2. The van der Waals surface area contributed by atoms with Crippen LogP contribution in [-0.4, -0.2) is 83.1 Å². The second kappa shape index (κ2) is 14.6. The van der Waals surface area contributed by atoms with E-state index in [2.05, 4.69) is 25.9 Å². The van der Waals surface area contributed by atoms with Crippen LogP contribution in [0.25, 0.3) is 33.6 Å². The van der Waals surface area contributed by atoms with Gasteiger partial charge in [0.2, 0.25) is 23.6 Å². The van der Waals surface area contributed by atoms with Crippen molar-refractivity contribution in [2.24, 2.45) is 0 Å². The number of hydrogen-bond donors (Lipinski definition) is 3. The molecule has 47 heavy (non-hydrogen) atoms. The van der Waals surface area contributed by atoms with Gasteiger partial charge in [-0.1, -0.05) is 59.6 Å². The summed E-state index contributed by atoms with van der Waals surface area (Å²) in [6.07, 6.45) is 4.69. The van der Waals surface area contributed by atoms with Gasteiger partial charge < -0.3 is 25.4 Å². The van der Waals surface area contributed by atoms with Gasteiger partial charge in [0.15, 0.2) is 0 Å². The highest BCUT2D eigenvalue weighted by molar-refractivity contribution is 6.39. The molecule has 2 aromatic carbocycles. The Morgan fingerprint density at radius 1 is 0.872 bits per heavy atom. The Kier molecular flexibility index (Phi) is 10.1. The molecule has 12 nitrogen and oxygen atoms in total. The Hall–Kier alpha value is -4.36. The van der Waals surface area contributed by atoms with Gasteiger partial charge in [-0.25, -0.2) is 9.97 Å². The summed E-state index contributed by atoms with van der Waals surface area (Å²) in [5.74, 6) is 0.809. The van der Waals surface area contributed by atoms with Crippen LogP contribution in [0.2, 0.25) is 10.0 Å². The molecular formula is C33H34Cl2N8O4. The van der Waals surface area contributed by atoms with Crippen molar-refractivity contribution in [3.8, 4) is 45.4 Å². The average molecular weight is 678 g/mol. The minimum Gasteiger partial charge on any atom is -0.480 e. The lowest BCUT2D eigenvalue weighted by Gasteiger charge is -2.26. The van der Waals surface area contributed by atoms with Crippen LogP contribution in [-0.2, 0) is 22.7 Å². The second-order valence-corrected chi connectivity index (χ2v) is 12.0. The van der Waals surface area contributed by atoms with Crippen molar-refractivity contribution in [3.63, 3.8) is 0 Å². The van der Waals surface area contributed by atoms with E-state index in [-0.39, 0.29) is 17.9 Å². The molecule has 0 saturated carbocycles. The molecule has 0 spiro atoms. The van der Waals surface area contributed by atoms with Crippen molar-refractivity contribution in [1.82, 2.24) is 40.8 Å². The molecule has 0 radical (unpaired) electrons. The molecule has 2 aromatic heterocycles. The van der Waals surface area contributed by atoms with Gasteiger partial charge in [-0.05, 0) is 6.42 Å². The van der Waals surface area contributed by atoms with Crippen LogP contribution in [0.15, 0.2) is 48.8 Å². The highest BCUT2D eigenvalue weighted by atomic mass is 35.5. The Bertz CT molecular complexity index is 1810. The van der Waals surface area contributed by atoms with Crippen molar-refractivity contribution in [2.75, 3.05) is 40.4 Å². The van der Waals surface area contributed by atoms with E-state index in [9.17, 15) is 9.59 Å². The van der Waals surface area contributed by atoms with Gasteiger partial charge in [-0.3, -0.25) is 24.5 Å². The standard InChI is InChI=1S/C33H34Cl2N8O4/c1-46-32-26(14-36-13-19-9-10-28(44)40-19)38-15-24(41-32)22-7-3-5-20(30(22)34)21-6-4-8-23(31(21)35)25-16-39-27(33(42-25)47-2)17-43-12-11-37-29(45)18-43/h3-8,15-16,19,36H,9-14,17-18H2,1-2H3,(H,37,45)(H,40,44). The molecule has 2 aliphatic heterocycles. The lowest BCUT2D eigenvalue weighted by Crippen LogP contribution is -2.47. The van der Waals surface area contributed by atoms with E-state index < -0.39 is 0 Å². The van der Waals surface area contributed by atoms with E-state index in [4.69, 9.17) is 42.6 Å². The molecule has 2 aliphatic rings. The van der Waals surface area contributed by atoms with E-state index in [1.54, 1.807) is 26.6 Å². The maximum atomic E-state index is 11.8. The average Bonchev–Trinajstić information content (AvgIpc) is 3.50. The first kappa shape index (κ1) is 32.6. The third-order valence-electron chi connectivity index (χ3n) is 8.11. The molecule has 2 fully saturated rings. The molecule has 0 aliphatic carbocycles. The number of nitrogens with zero attached hydrogens (tertiary/aromatic N) is 5. The maximum absolute atomic E-state index is 11.8. The van der Waals surface area contributed by atoms with Crippen molar-refractivity contribution >= 4 is 35.0 Å². The minimum absolute atomic E-state index is 0.0187. The van der Waals surface area contributed by atoms with Crippen LogP contribution in [0.4, 0.5) is 0 Å². The zero-order valence-electron chi connectivity index (χ0n) is 26.0. The summed E-state index contributed by atoms with van der Waals surface area (Å²) in [5.41, 5.74) is 5.11. The number of methoxy groups -OCH3 is 2. The van der Waals surface area contributed by atoms with E-state index in [0.717, 1.165) is 6.42 Å². The number of carbonyl (C=O) groups is 2. The molecule has 1 unspecified atom stereocenters. The topological polar surface area (TPSA) is 143 Å². The summed E-state index contributed by atoms with van der Waals surface area (Å²) < 4.78 is 11.2. The van der Waals surface area contributed by atoms with Crippen LogP contribution >= 0.6 is 23.2 Å². The van der Waals surface area contributed by atoms with Crippen LogP contribution in [0.5, 0.6) is 11.8 Å². The van der Waals surface area contributed by atoms with Gasteiger partial charge in [-0.2, -0.15) is 0 Å². The Balaban J connectivity index is 1.24. The molecule has 4 aromatic rings. The summed E-state index contributed by atoms with van der Waals surface area (Å²) in [6, 6.07) is 11.4. The zero-order chi connectivity index (χ0) is 32.9. The summed E-state index contributed by atoms with van der Waals surface area (Å²) >= 11 is 14.1. The molecular weight excluding hydrogens is 643 g/mol. The number of piperazine rings is 1. The summed E-state index contributed by atoms with van der Waals surface area (Å²) in [5, 5.41) is 10.00. The number of benzene rings is 2. The van der Waals surface area contributed by atoms with Crippen LogP contribution in [0, 0.1) is 0 Å². The summed E-state index contributed by atoms with van der Waals surface area (Å²) in [6.45, 7) is 3.10. The fraction of sp³-hybridized carbons (Fsp3) is 0.333. The van der Waals surface area contributed by atoms with Crippen molar-refractivity contribution < 1.29 is 19.1 Å². The quantitative estimate of drug-likeness (QED) is 0.214. The van der Waals surface area contributed by atoms with Gasteiger partial charge >= 0.3 is 0 Å². The van der Waals surface area contributed by atoms with E-state index >= 15 is 0 Å². The largest absolute Gasteiger partial charge is 0.480 e.